The van der Waals surface area contributed by atoms with Crippen molar-refractivity contribution in [3.8, 4) is 0 Å². The van der Waals surface area contributed by atoms with Crippen LogP contribution in [0.2, 0.25) is 0 Å². The summed E-state index contributed by atoms with van der Waals surface area (Å²) >= 11 is 0. The van der Waals surface area contributed by atoms with Gasteiger partial charge in [-0.25, -0.2) is 8.42 Å². The number of alkyl halides is 3. The molecule has 5 nitrogen and oxygen atoms in total. The summed E-state index contributed by atoms with van der Waals surface area (Å²) in [4.78, 5) is 4.24. The van der Waals surface area contributed by atoms with Gasteiger partial charge >= 0.3 is 12.0 Å². The van der Waals surface area contributed by atoms with Crippen LogP contribution in [0.25, 0.3) is 0 Å². The van der Waals surface area contributed by atoms with Gasteiger partial charge < -0.3 is 9.94 Å². The van der Waals surface area contributed by atoms with Gasteiger partial charge in [0.15, 0.2) is 0 Å². The van der Waals surface area contributed by atoms with Gasteiger partial charge in [-0.05, 0) is 29.8 Å². The molecule has 0 spiro atoms. The first kappa shape index (κ1) is 17.4. The van der Waals surface area contributed by atoms with E-state index in [1.807, 2.05) is 0 Å². The largest absolute Gasteiger partial charge is 0.458 e. The molecule has 1 aliphatic rings. The third-order valence-corrected chi connectivity index (χ3v) is 5.49. The van der Waals surface area contributed by atoms with E-state index < -0.39 is 28.2 Å². The molecule has 25 heavy (non-hydrogen) atoms. The first-order chi connectivity index (χ1) is 11.6. The van der Waals surface area contributed by atoms with Crippen molar-refractivity contribution in [2.75, 3.05) is 0 Å². The summed E-state index contributed by atoms with van der Waals surface area (Å²) in [5.41, 5.74) is 0.107. The summed E-state index contributed by atoms with van der Waals surface area (Å²) in [6, 6.07) is 12.9. The Labute approximate surface area is 141 Å². The average molecular weight is 371 g/mol. The van der Waals surface area contributed by atoms with E-state index in [1.165, 1.54) is 36.4 Å². The lowest BCUT2D eigenvalue weighted by Gasteiger charge is -2.22. The van der Waals surface area contributed by atoms with Crippen LogP contribution in [-0.4, -0.2) is 31.2 Å². The van der Waals surface area contributed by atoms with Crippen LogP contribution in [-0.2, 0) is 14.7 Å². The molecule has 1 heterocycles. The number of benzene rings is 2. The van der Waals surface area contributed by atoms with E-state index in [0.29, 0.717) is 0 Å². The zero-order chi connectivity index (χ0) is 18.3. The molecule has 132 valence electrons. The van der Waals surface area contributed by atoms with Crippen LogP contribution < -0.4 is 0 Å². The number of rotatable bonds is 3. The second kappa shape index (κ2) is 5.85. The third-order valence-electron chi connectivity index (χ3n) is 3.71. The fraction of sp³-hybridized carbons (Fsp3) is 0.188. The van der Waals surface area contributed by atoms with Crippen LogP contribution in [0.4, 0.5) is 13.2 Å². The molecule has 1 aliphatic heterocycles. The molecule has 2 aromatic rings. The average Bonchev–Trinajstić information content (AvgIpc) is 2.99. The SMILES string of the molecule is O=S(=O)(c1ccccc1)c1ccc(C2=NOC(O)(C(F)(F)F)C2)cc1. The monoisotopic (exact) mass is 371 g/mol. The fourth-order valence-electron chi connectivity index (χ4n) is 2.29. The number of hydrogen-bond donors (Lipinski definition) is 1. The second-order valence-electron chi connectivity index (χ2n) is 5.43. The Morgan fingerprint density at radius 1 is 1.00 bits per heavy atom. The first-order valence-electron chi connectivity index (χ1n) is 7.08. The number of aliphatic hydroxyl groups is 1. The number of sulfone groups is 1. The van der Waals surface area contributed by atoms with Crippen molar-refractivity contribution in [2.45, 2.75) is 28.2 Å². The van der Waals surface area contributed by atoms with E-state index in [2.05, 4.69) is 9.99 Å². The molecule has 0 amide bonds. The molecule has 2 aromatic carbocycles. The van der Waals surface area contributed by atoms with Crippen molar-refractivity contribution in [1.82, 2.24) is 0 Å². The molecular formula is C16H12F3NO4S. The molecule has 0 saturated carbocycles. The summed E-state index contributed by atoms with van der Waals surface area (Å²) in [7, 11) is -3.73. The van der Waals surface area contributed by atoms with Crippen molar-refractivity contribution in [3.63, 3.8) is 0 Å². The fourth-order valence-corrected chi connectivity index (χ4v) is 3.57. The van der Waals surface area contributed by atoms with E-state index >= 15 is 0 Å². The lowest BCUT2D eigenvalue weighted by Crippen LogP contribution is -2.45. The second-order valence-corrected chi connectivity index (χ2v) is 7.38. The zero-order valence-electron chi connectivity index (χ0n) is 12.6. The quantitative estimate of drug-likeness (QED) is 0.900. The van der Waals surface area contributed by atoms with E-state index in [9.17, 15) is 26.7 Å². The Hall–Kier alpha value is -2.39. The van der Waals surface area contributed by atoms with Gasteiger partial charge in [0.1, 0.15) is 0 Å². The highest BCUT2D eigenvalue weighted by Crippen LogP contribution is 2.39. The molecule has 9 heteroatoms. The number of oxime groups is 1. The van der Waals surface area contributed by atoms with E-state index in [-0.39, 0.29) is 21.1 Å². The topological polar surface area (TPSA) is 76.0 Å². The normalized spacial score (nSPS) is 20.9. The van der Waals surface area contributed by atoms with Gasteiger partial charge in [0, 0.05) is 0 Å². The summed E-state index contributed by atoms with van der Waals surface area (Å²) < 4.78 is 63.1. The van der Waals surface area contributed by atoms with Crippen LogP contribution in [0.5, 0.6) is 0 Å². The van der Waals surface area contributed by atoms with Crippen molar-refractivity contribution >= 4 is 15.5 Å². The van der Waals surface area contributed by atoms with Crippen LogP contribution in [0.3, 0.4) is 0 Å². The third kappa shape index (κ3) is 3.12. The standard InChI is InChI=1S/C16H12F3NO4S/c17-16(18,19)15(21)10-14(20-24-15)11-6-8-13(9-7-11)25(22,23)12-4-2-1-3-5-12/h1-9,21H,10H2. The van der Waals surface area contributed by atoms with Crippen LogP contribution in [0, 0.1) is 0 Å². The van der Waals surface area contributed by atoms with Crippen LogP contribution >= 0.6 is 0 Å². The van der Waals surface area contributed by atoms with E-state index in [4.69, 9.17) is 0 Å². The highest BCUT2D eigenvalue weighted by atomic mass is 32.2. The molecule has 1 N–H and O–H groups in total. The number of hydrogen-bond acceptors (Lipinski definition) is 5. The van der Waals surface area contributed by atoms with Crippen molar-refractivity contribution in [2.24, 2.45) is 5.16 Å². The Morgan fingerprint density at radius 3 is 2.08 bits per heavy atom. The smallest absolute Gasteiger partial charge is 0.350 e. The highest BCUT2D eigenvalue weighted by molar-refractivity contribution is 7.91. The molecule has 3 rings (SSSR count). The number of nitrogens with zero attached hydrogens (tertiary/aromatic N) is 1. The Morgan fingerprint density at radius 2 is 1.56 bits per heavy atom. The minimum atomic E-state index is -4.99. The summed E-state index contributed by atoms with van der Waals surface area (Å²) in [6.07, 6.45) is -5.86. The molecule has 1 unspecified atom stereocenters. The van der Waals surface area contributed by atoms with Gasteiger partial charge in [-0.2, -0.15) is 13.2 Å². The minimum Gasteiger partial charge on any atom is -0.350 e. The summed E-state index contributed by atoms with van der Waals surface area (Å²) in [5, 5.41) is 12.7. The molecule has 0 radical (unpaired) electrons. The molecule has 0 aromatic heterocycles. The lowest BCUT2D eigenvalue weighted by atomic mass is 10.0. The van der Waals surface area contributed by atoms with Crippen molar-refractivity contribution in [3.05, 3.63) is 60.2 Å². The molecule has 0 aliphatic carbocycles. The maximum atomic E-state index is 12.7. The molecule has 0 fully saturated rings. The van der Waals surface area contributed by atoms with Gasteiger partial charge in [0.25, 0.3) is 0 Å². The molecule has 0 bridgehead atoms. The Kier molecular flexibility index (Phi) is 4.08. The summed E-state index contributed by atoms with van der Waals surface area (Å²) in [6.45, 7) is 0. The summed E-state index contributed by atoms with van der Waals surface area (Å²) in [5.74, 6) is -3.36. The predicted molar refractivity (Wildman–Crippen MR) is 81.6 cm³/mol. The molecule has 1 atom stereocenters. The Bertz CT molecular complexity index is 909. The minimum absolute atomic E-state index is 0.00644. The van der Waals surface area contributed by atoms with E-state index in [0.717, 1.165) is 0 Å². The van der Waals surface area contributed by atoms with Gasteiger partial charge in [-0.3, -0.25) is 0 Å². The van der Waals surface area contributed by atoms with Gasteiger partial charge in [0.05, 0.1) is 21.9 Å². The van der Waals surface area contributed by atoms with Gasteiger partial charge in [-0.15, -0.1) is 0 Å². The number of halogens is 3. The zero-order valence-corrected chi connectivity index (χ0v) is 13.4. The Balaban J connectivity index is 1.85. The van der Waals surface area contributed by atoms with Gasteiger partial charge in [0.2, 0.25) is 9.84 Å². The van der Waals surface area contributed by atoms with Crippen LogP contribution in [0.15, 0.2) is 69.5 Å². The maximum Gasteiger partial charge on any atom is 0.458 e. The van der Waals surface area contributed by atoms with Crippen LogP contribution in [0.1, 0.15) is 12.0 Å². The first-order valence-corrected chi connectivity index (χ1v) is 8.56. The lowest BCUT2D eigenvalue weighted by molar-refractivity contribution is -0.355. The van der Waals surface area contributed by atoms with E-state index in [1.54, 1.807) is 18.2 Å². The predicted octanol–water partition coefficient (Wildman–Crippen LogP) is 2.89. The maximum absolute atomic E-state index is 12.7. The highest BCUT2D eigenvalue weighted by Gasteiger charge is 2.60. The van der Waals surface area contributed by atoms with Crippen molar-refractivity contribution < 1.29 is 31.5 Å². The van der Waals surface area contributed by atoms with Gasteiger partial charge in [-0.1, -0.05) is 35.5 Å². The van der Waals surface area contributed by atoms with Crippen molar-refractivity contribution in [1.29, 1.82) is 0 Å². The molecular weight excluding hydrogens is 359 g/mol. The molecule has 0 saturated heterocycles.